The molecule has 44 heavy (non-hydrogen) atoms. The second-order valence-corrected chi connectivity index (χ2v) is 11.9. The number of urea groups is 1. The van der Waals surface area contributed by atoms with E-state index in [1.165, 1.54) is 21.6 Å². The van der Waals surface area contributed by atoms with E-state index in [9.17, 15) is 24.3 Å². The van der Waals surface area contributed by atoms with E-state index in [1.807, 2.05) is 33.8 Å². The average Bonchev–Trinajstić information content (AvgIpc) is 3.38. The smallest absolute Gasteiger partial charge is 0.323 e. The fourth-order valence-electron chi connectivity index (χ4n) is 5.14. The number of nitrogens with one attached hydrogen (secondary N) is 2. The average molecular weight is 605 g/mol. The molecule has 1 fully saturated rings. The van der Waals surface area contributed by atoms with Gasteiger partial charge in [0.15, 0.2) is 6.17 Å². The normalized spacial score (nSPS) is 15.8. The number of anilines is 1. The zero-order chi connectivity index (χ0) is 32.2. The SMILES string of the molecule is COc1ccc(NC(=O)N2CCCN(C(=O)c3cc(C(C)(C)C)nn3C)C2C(=O)NC(CC(=O)O)c2cccc(C)c2)cc1. The molecule has 2 aromatic carbocycles. The van der Waals surface area contributed by atoms with Crippen LogP contribution in [0.5, 0.6) is 5.75 Å². The molecule has 3 N–H and O–H groups in total. The number of aryl methyl sites for hydroxylation is 2. The largest absolute Gasteiger partial charge is 0.497 e. The highest BCUT2D eigenvalue weighted by Gasteiger charge is 2.42. The molecule has 4 rings (SSSR count). The summed E-state index contributed by atoms with van der Waals surface area (Å²) in [5.74, 6) is -1.63. The summed E-state index contributed by atoms with van der Waals surface area (Å²) in [6.07, 6.45) is -1.32. The predicted molar refractivity (Wildman–Crippen MR) is 164 cm³/mol. The summed E-state index contributed by atoms with van der Waals surface area (Å²) in [4.78, 5) is 56.4. The molecule has 1 aromatic heterocycles. The minimum atomic E-state index is -1.36. The molecule has 1 aliphatic heterocycles. The number of carbonyl (C=O) groups is 4. The summed E-state index contributed by atoms with van der Waals surface area (Å²) in [5.41, 5.74) is 2.63. The Kier molecular flexibility index (Phi) is 9.61. The summed E-state index contributed by atoms with van der Waals surface area (Å²) in [5, 5.41) is 19.8. The van der Waals surface area contributed by atoms with Crippen molar-refractivity contribution in [3.05, 3.63) is 77.1 Å². The van der Waals surface area contributed by atoms with Gasteiger partial charge < -0.3 is 25.4 Å². The molecule has 3 aromatic rings. The minimum Gasteiger partial charge on any atom is -0.497 e. The second-order valence-electron chi connectivity index (χ2n) is 11.9. The number of benzene rings is 2. The number of ether oxygens (including phenoxy) is 1. The molecule has 0 radical (unpaired) electrons. The number of hydrogen-bond donors (Lipinski definition) is 3. The standard InChI is InChI=1S/C32H40N6O6/c1-20-9-7-10-21(17-20)24(18-27(39)40)34-28(41)29-37(30(42)25-19-26(32(2,3)4)35-36(25)5)15-8-16-38(29)31(43)33-22-11-13-23(44-6)14-12-22/h7,9-14,17,19,24,29H,8,15-16,18H2,1-6H3,(H,33,43)(H,34,41)(H,39,40). The zero-order valence-electron chi connectivity index (χ0n) is 26.0. The van der Waals surface area contributed by atoms with E-state index < -0.39 is 36.0 Å². The lowest BCUT2D eigenvalue weighted by Gasteiger charge is -2.43. The number of methoxy groups -OCH3 is 1. The van der Waals surface area contributed by atoms with E-state index in [0.717, 1.165) is 5.56 Å². The van der Waals surface area contributed by atoms with Crippen LogP contribution < -0.4 is 15.4 Å². The third-order valence-electron chi connectivity index (χ3n) is 7.49. The van der Waals surface area contributed by atoms with Crippen molar-refractivity contribution in [2.45, 2.75) is 58.2 Å². The fraction of sp³-hybridized carbons (Fsp3) is 0.406. The van der Waals surface area contributed by atoms with Crippen LogP contribution in [0.4, 0.5) is 10.5 Å². The summed E-state index contributed by atoms with van der Waals surface area (Å²) < 4.78 is 6.67. The number of amides is 4. The Morgan fingerprint density at radius 1 is 1.05 bits per heavy atom. The van der Waals surface area contributed by atoms with Crippen LogP contribution in [0.2, 0.25) is 0 Å². The van der Waals surface area contributed by atoms with Gasteiger partial charge in [-0.15, -0.1) is 0 Å². The molecule has 1 aliphatic rings. The highest BCUT2D eigenvalue weighted by molar-refractivity contribution is 5.99. The summed E-state index contributed by atoms with van der Waals surface area (Å²) in [7, 11) is 3.20. The zero-order valence-corrected chi connectivity index (χ0v) is 26.0. The van der Waals surface area contributed by atoms with E-state index in [-0.39, 0.29) is 30.6 Å². The first-order valence-electron chi connectivity index (χ1n) is 14.4. The van der Waals surface area contributed by atoms with Crippen molar-refractivity contribution >= 4 is 29.5 Å². The van der Waals surface area contributed by atoms with Crippen molar-refractivity contribution in [3.8, 4) is 5.75 Å². The molecule has 2 atom stereocenters. The van der Waals surface area contributed by atoms with Gasteiger partial charge in [-0.05, 0) is 49.2 Å². The molecule has 0 saturated carbocycles. The van der Waals surface area contributed by atoms with Crippen molar-refractivity contribution in [1.82, 2.24) is 24.9 Å². The summed E-state index contributed by atoms with van der Waals surface area (Å²) in [6.45, 7) is 8.22. The summed E-state index contributed by atoms with van der Waals surface area (Å²) >= 11 is 0. The first kappa shape index (κ1) is 32.1. The molecule has 4 amide bonds. The summed E-state index contributed by atoms with van der Waals surface area (Å²) in [6, 6.07) is 14.1. The molecule has 0 spiro atoms. The Morgan fingerprint density at radius 2 is 1.73 bits per heavy atom. The molecule has 2 heterocycles. The number of rotatable bonds is 8. The van der Waals surface area contributed by atoms with Crippen LogP contribution in [0.3, 0.4) is 0 Å². The van der Waals surface area contributed by atoms with Crippen LogP contribution >= 0.6 is 0 Å². The molecule has 234 valence electrons. The first-order valence-corrected chi connectivity index (χ1v) is 14.4. The molecule has 1 saturated heterocycles. The number of nitrogens with zero attached hydrogens (tertiary/aromatic N) is 4. The highest BCUT2D eigenvalue weighted by Crippen LogP contribution is 2.26. The fourth-order valence-corrected chi connectivity index (χ4v) is 5.14. The highest BCUT2D eigenvalue weighted by atomic mass is 16.5. The van der Waals surface area contributed by atoms with E-state index in [0.29, 0.717) is 29.1 Å². The van der Waals surface area contributed by atoms with Gasteiger partial charge in [-0.1, -0.05) is 50.6 Å². The monoisotopic (exact) mass is 604 g/mol. The lowest BCUT2D eigenvalue weighted by molar-refractivity contribution is -0.138. The molecule has 12 nitrogen and oxygen atoms in total. The topological polar surface area (TPSA) is 146 Å². The molecular formula is C32H40N6O6. The van der Waals surface area contributed by atoms with Crippen LogP contribution in [0.1, 0.15) is 67.0 Å². The first-order chi connectivity index (χ1) is 20.8. The third-order valence-corrected chi connectivity index (χ3v) is 7.49. The van der Waals surface area contributed by atoms with E-state index in [1.54, 1.807) is 55.6 Å². The van der Waals surface area contributed by atoms with Crippen LogP contribution in [0.25, 0.3) is 0 Å². The van der Waals surface area contributed by atoms with Gasteiger partial charge in [0, 0.05) is 31.2 Å². The Balaban J connectivity index is 1.71. The second kappa shape index (κ2) is 13.2. The van der Waals surface area contributed by atoms with E-state index >= 15 is 0 Å². The van der Waals surface area contributed by atoms with Gasteiger partial charge in [0.1, 0.15) is 11.4 Å². The number of aromatic nitrogens is 2. The molecule has 2 unspecified atom stereocenters. The lowest BCUT2D eigenvalue weighted by atomic mass is 9.92. The Hall–Kier alpha value is -4.87. The number of hydrogen-bond acceptors (Lipinski definition) is 6. The lowest BCUT2D eigenvalue weighted by Crippen LogP contribution is -2.64. The maximum Gasteiger partial charge on any atom is 0.323 e. The molecule has 0 aliphatic carbocycles. The number of carboxylic acid groups (broad SMARTS) is 1. The van der Waals surface area contributed by atoms with E-state index in [4.69, 9.17) is 4.74 Å². The van der Waals surface area contributed by atoms with E-state index in [2.05, 4.69) is 15.7 Å². The van der Waals surface area contributed by atoms with Gasteiger partial charge in [-0.2, -0.15) is 5.10 Å². The third kappa shape index (κ3) is 7.36. The van der Waals surface area contributed by atoms with Crippen LogP contribution in [0.15, 0.2) is 54.6 Å². The Labute approximate surface area is 257 Å². The van der Waals surface area contributed by atoms with Crippen molar-refractivity contribution in [1.29, 1.82) is 0 Å². The van der Waals surface area contributed by atoms with Gasteiger partial charge in [0.2, 0.25) is 0 Å². The molecule has 0 bridgehead atoms. The maximum absolute atomic E-state index is 14.1. The Bertz CT molecular complexity index is 1530. The van der Waals surface area contributed by atoms with Crippen LogP contribution in [0, 0.1) is 6.92 Å². The van der Waals surface area contributed by atoms with Gasteiger partial charge in [-0.3, -0.25) is 24.0 Å². The van der Waals surface area contributed by atoms with Gasteiger partial charge in [0.25, 0.3) is 11.8 Å². The van der Waals surface area contributed by atoms with Crippen LogP contribution in [-0.2, 0) is 22.1 Å². The minimum absolute atomic E-state index is 0.191. The van der Waals surface area contributed by atoms with Crippen molar-refractivity contribution in [2.75, 3.05) is 25.5 Å². The van der Waals surface area contributed by atoms with Gasteiger partial charge in [-0.25, -0.2) is 4.79 Å². The predicted octanol–water partition coefficient (Wildman–Crippen LogP) is 4.07. The van der Waals surface area contributed by atoms with Crippen molar-refractivity contribution in [3.63, 3.8) is 0 Å². The number of carbonyl (C=O) groups excluding carboxylic acids is 3. The Morgan fingerprint density at radius 3 is 2.32 bits per heavy atom. The van der Waals surface area contributed by atoms with Crippen molar-refractivity contribution < 1.29 is 29.0 Å². The molecule has 12 heteroatoms. The van der Waals surface area contributed by atoms with Gasteiger partial charge in [0.05, 0.1) is 25.3 Å². The van der Waals surface area contributed by atoms with Crippen molar-refractivity contribution in [2.24, 2.45) is 7.05 Å². The molecular weight excluding hydrogens is 564 g/mol. The van der Waals surface area contributed by atoms with Gasteiger partial charge >= 0.3 is 12.0 Å². The quantitative estimate of drug-likeness (QED) is 0.351. The maximum atomic E-state index is 14.1. The number of carboxylic acids is 1. The van der Waals surface area contributed by atoms with Crippen LogP contribution in [-0.4, -0.2) is 74.9 Å². The number of aliphatic carboxylic acids is 1.